The molecule has 0 aliphatic rings. The SMILES string of the molecule is CCN(C(=O)Cc1csc(NC(=O)c2ccco2)n1)c1ccc(Br)cn1. The Morgan fingerprint density at radius 3 is 2.85 bits per heavy atom. The number of hydrogen-bond acceptors (Lipinski definition) is 6. The maximum absolute atomic E-state index is 12.6. The first-order valence-electron chi connectivity index (χ1n) is 7.78. The van der Waals surface area contributed by atoms with Crippen LogP contribution in [0.15, 0.2) is 51.0 Å². The van der Waals surface area contributed by atoms with Crippen molar-refractivity contribution in [1.82, 2.24) is 9.97 Å². The minimum absolute atomic E-state index is 0.114. The van der Waals surface area contributed by atoms with Crippen LogP contribution in [0.4, 0.5) is 10.9 Å². The molecule has 0 saturated heterocycles. The number of furan rings is 1. The lowest BCUT2D eigenvalue weighted by atomic mass is 10.3. The molecule has 3 aromatic heterocycles. The van der Waals surface area contributed by atoms with Crippen LogP contribution >= 0.6 is 27.3 Å². The number of thiazole rings is 1. The maximum atomic E-state index is 12.6. The van der Waals surface area contributed by atoms with Crippen LogP contribution in [0.2, 0.25) is 0 Å². The Hall–Kier alpha value is -2.52. The van der Waals surface area contributed by atoms with E-state index in [1.54, 1.807) is 34.7 Å². The van der Waals surface area contributed by atoms with Gasteiger partial charge in [-0.3, -0.25) is 19.8 Å². The number of pyridine rings is 1. The first kappa shape index (κ1) is 18.3. The second kappa shape index (κ2) is 8.24. The van der Waals surface area contributed by atoms with Gasteiger partial charge in [-0.15, -0.1) is 11.3 Å². The number of likely N-dealkylation sites (N-methyl/N-ethyl adjacent to an activating group) is 1. The van der Waals surface area contributed by atoms with Crippen LogP contribution in [0.5, 0.6) is 0 Å². The van der Waals surface area contributed by atoms with Crippen LogP contribution in [-0.4, -0.2) is 28.3 Å². The minimum atomic E-state index is -0.378. The predicted octanol–water partition coefficient (Wildman–Crippen LogP) is 3.74. The highest BCUT2D eigenvalue weighted by molar-refractivity contribution is 9.10. The highest BCUT2D eigenvalue weighted by atomic mass is 79.9. The van der Waals surface area contributed by atoms with E-state index in [9.17, 15) is 9.59 Å². The lowest BCUT2D eigenvalue weighted by Gasteiger charge is -2.19. The van der Waals surface area contributed by atoms with Gasteiger partial charge in [0.25, 0.3) is 5.91 Å². The summed E-state index contributed by atoms with van der Waals surface area (Å²) in [6, 6.07) is 6.82. The monoisotopic (exact) mass is 434 g/mol. The zero-order valence-corrected chi connectivity index (χ0v) is 16.2. The molecule has 1 N–H and O–H groups in total. The zero-order chi connectivity index (χ0) is 18.5. The van der Waals surface area contributed by atoms with Gasteiger partial charge in [0.1, 0.15) is 5.82 Å². The molecule has 3 aromatic rings. The molecule has 0 radical (unpaired) electrons. The molecule has 3 rings (SSSR count). The zero-order valence-electron chi connectivity index (χ0n) is 13.8. The fraction of sp³-hybridized carbons (Fsp3) is 0.176. The molecule has 7 nitrogen and oxygen atoms in total. The Balaban J connectivity index is 1.65. The Morgan fingerprint density at radius 2 is 2.19 bits per heavy atom. The number of nitrogens with one attached hydrogen (secondary N) is 1. The molecule has 3 heterocycles. The molecule has 0 aliphatic carbocycles. The van der Waals surface area contributed by atoms with Gasteiger partial charge in [0, 0.05) is 22.6 Å². The van der Waals surface area contributed by atoms with E-state index < -0.39 is 0 Å². The van der Waals surface area contributed by atoms with Gasteiger partial charge in [-0.05, 0) is 47.1 Å². The molecule has 0 atom stereocenters. The third kappa shape index (κ3) is 4.36. The van der Waals surface area contributed by atoms with Crippen LogP contribution in [0.1, 0.15) is 23.2 Å². The summed E-state index contributed by atoms with van der Waals surface area (Å²) in [5.74, 6) is 0.298. The summed E-state index contributed by atoms with van der Waals surface area (Å²) in [4.78, 5) is 34.7. The number of carbonyl (C=O) groups excluding carboxylic acids is 2. The number of rotatable bonds is 6. The quantitative estimate of drug-likeness (QED) is 0.637. The molecule has 9 heteroatoms. The van der Waals surface area contributed by atoms with Gasteiger partial charge in [-0.2, -0.15) is 0 Å². The first-order valence-corrected chi connectivity index (χ1v) is 9.45. The summed E-state index contributed by atoms with van der Waals surface area (Å²) in [5.41, 5.74) is 0.588. The van der Waals surface area contributed by atoms with Crippen LogP contribution in [0.3, 0.4) is 0 Å². The van der Waals surface area contributed by atoms with E-state index in [4.69, 9.17) is 4.42 Å². The standard InChI is InChI=1S/C17H15BrN4O3S/c1-2-22(14-6-5-11(18)9-19-14)15(23)8-12-10-26-17(20-12)21-16(24)13-4-3-7-25-13/h3-7,9-10H,2,8H2,1H3,(H,20,21,24). The van der Waals surface area contributed by atoms with E-state index in [-0.39, 0.29) is 24.0 Å². The van der Waals surface area contributed by atoms with Crippen LogP contribution in [-0.2, 0) is 11.2 Å². The average Bonchev–Trinajstić information content (AvgIpc) is 3.29. The number of carbonyl (C=O) groups is 2. The number of halogens is 1. The van der Waals surface area contributed by atoms with Crippen molar-refractivity contribution < 1.29 is 14.0 Å². The van der Waals surface area contributed by atoms with Gasteiger partial charge in [0.05, 0.1) is 18.4 Å². The third-order valence-corrected chi connectivity index (χ3v) is 4.73. The summed E-state index contributed by atoms with van der Waals surface area (Å²) in [7, 11) is 0. The van der Waals surface area contributed by atoms with Crippen molar-refractivity contribution in [1.29, 1.82) is 0 Å². The molecular formula is C17H15BrN4O3S. The maximum Gasteiger partial charge on any atom is 0.293 e. The number of anilines is 2. The van der Waals surface area contributed by atoms with E-state index >= 15 is 0 Å². The van der Waals surface area contributed by atoms with Crippen LogP contribution < -0.4 is 10.2 Å². The Labute approximate surface area is 162 Å². The van der Waals surface area contributed by atoms with Crippen molar-refractivity contribution in [2.45, 2.75) is 13.3 Å². The van der Waals surface area contributed by atoms with Crippen molar-refractivity contribution in [2.75, 3.05) is 16.8 Å². The number of nitrogens with zero attached hydrogens (tertiary/aromatic N) is 3. The van der Waals surface area contributed by atoms with E-state index in [1.165, 1.54) is 17.6 Å². The van der Waals surface area contributed by atoms with Gasteiger partial charge in [0.2, 0.25) is 5.91 Å². The van der Waals surface area contributed by atoms with E-state index in [0.29, 0.717) is 23.2 Å². The topological polar surface area (TPSA) is 88.3 Å². The Morgan fingerprint density at radius 1 is 1.35 bits per heavy atom. The fourth-order valence-corrected chi connectivity index (χ4v) is 3.20. The van der Waals surface area contributed by atoms with Gasteiger partial charge in [0.15, 0.2) is 10.9 Å². The van der Waals surface area contributed by atoms with Gasteiger partial charge < -0.3 is 4.42 Å². The molecular weight excluding hydrogens is 420 g/mol. The average molecular weight is 435 g/mol. The van der Waals surface area contributed by atoms with Crippen molar-refractivity contribution in [3.63, 3.8) is 0 Å². The van der Waals surface area contributed by atoms with Crippen LogP contribution in [0, 0.1) is 0 Å². The molecule has 0 bridgehead atoms. The number of aromatic nitrogens is 2. The first-order chi connectivity index (χ1) is 12.6. The van der Waals surface area contributed by atoms with Gasteiger partial charge in [-0.1, -0.05) is 0 Å². The van der Waals surface area contributed by atoms with Gasteiger partial charge >= 0.3 is 0 Å². The summed E-state index contributed by atoms with van der Waals surface area (Å²) in [6.07, 6.45) is 3.20. The van der Waals surface area contributed by atoms with E-state index in [2.05, 4.69) is 31.2 Å². The second-order valence-electron chi connectivity index (χ2n) is 5.22. The normalized spacial score (nSPS) is 10.5. The highest BCUT2D eigenvalue weighted by Gasteiger charge is 2.18. The molecule has 26 heavy (non-hydrogen) atoms. The number of hydrogen-bond donors (Lipinski definition) is 1. The van der Waals surface area contributed by atoms with Gasteiger partial charge in [-0.25, -0.2) is 9.97 Å². The molecule has 0 aromatic carbocycles. The summed E-state index contributed by atoms with van der Waals surface area (Å²) in [6.45, 7) is 2.39. The summed E-state index contributed by atoms with van der Waals surface area (Å²) < 4.78 is 5.88. The molecule has 0 unspecified atom stereocenters. The second-order valence-corrected chi connectivity index (χ2v) is 7.00. The molecule has 0 saturated carbocycles. The van der Waals surface area contributed by atoms with Crippen LogP contribution in [0.25, 0.3) is 0 Å². The summed E-state index contributed by atoms with van der Waals surface area (Å²) in [5, 5.41) is 4.82. The third-order valence-electron chi connectivity index (χ3n) is 3.46. The largest absolute Gasteiger partial charge is 0.459 e. The molecule has 0 spiro atoms. The smallest absolute Gasteiger partial charge is 0.293 e. The lowest BCUT2D eigenvalue weighted by Crippen LogP contribution is -2.32. The van der Waals surface area contributed by atoms with Crippen molar-refractivity contribution in [3.8, 4) is 0 Å². The molecule has 0 fully saturated rings. The molecule has 2 amide bonds. The van der Waals surface area contributed by atoms with Crippen molar-refractivity contribution in [3.05, 3.63) is 58.0 Å². The fourth-order valence-electron chi connectivity index (χ4n) is 2.26. The molecule has 134 valence electrons. The Bertz CT molecular complexity index is 893. The summed E-state index contributed by atoms with van der Waals surface area (Å²) >= 11 is 4.59. The van der Waals surface area contributed by atoms with E-state index in [0.717, 1.165) is 4.47 Å². The Kier molecular flexibility index (Phi) is 5.79. The highest BCUT2D eigenvalue weighted by Crippen LogP contribution is 2.19. The van der Waals surface area contributed by atoms with E-state index in [1.807, 2.05) is 13.0 Å². The lowest BCUT2D eigenvalue weighted by molar-refractivity contribution is -0.118. The number of amides is 2. The molecule has 0 aliphatic heterocycles. The minimum Gasteiger partial charge on any atom is -0.459 e. The van der Waals surface area contributed by atoms with Crippen molar-refractivity contribution in [2.24, 2.45) is 0 Å². The predicted molar refractivity (Wildman–Crippen MR) is 102 cm³/mol. The van der Waals surface area contributed by atoms with Crippen molar-refractivity contribution >= 4 is 50.0 Å².